The molecule has 0 radical (unpaired) electrons. The summed E-state index contributed by atoms with van der Waals surface area (Å²) in [6, 6.07) is 0.791. The van der Waals surface area contributed by atoms with E-state index < -0.39 is 0 Å². The van der Waals surface area contributed by atoms with E-state index >= 15 is 0 Å². The lowest BCUT2D eigenvalue weighted by Gasteiger charge is -2.34. The van der Waals surface area contributed by atoms with Gasteiger partial charge < -0.3 is 10.1 Å². The Bertz CT molecular complexity index is 661. The molecular weight excluding hydrogens is 350 g/mol. The minimum atomic E-state index is -0.345. The van der Waals surface area contributed by atoms with Crippen molar-refractivity contribution in [2.75, 3.05) is 44.6 Å². The normalized spacial score (nSPS) is 18.7. The first-order valence-corrected chi connectivity index (χ1v) is 10.4. The minimum Gasteiger partial charge on any atom is -0.462 e. The second-order valence-corrected chi connectivity index (χ2v) is 8.23. The third-order valence-electron chi connectivity index (χ3n) is 5.13. The van der Waals surface area contributed by atoms with E-state index in [4.69, 9.17) is 4.74 Å². The first kappa shape index (κ1) is 19.3. The van der Waals surface area contributed by atoms with Gasteiger partial charge in [-0.05, 0) is 38.7 Å². The van der Waals surface area contributed by atoms with E-state index in [0.717, 1.165) is 49.1 Å². The van der Waals surface area contributed by atoms with Gasteiger partial charge >= 0.3 is 5.97 Å². The van der Waals surface area contributed by atoms with Crippen LogP contribution in [-0.2, 0) is 16.0 Å². The number of amides is 1. The van der Waals surface area contributed by atoms with Crippen LogP contribution in [-0.4, -0.2) is 67.0 Å². The van der Waals surface area contributed by atoms with Crippen LogP contribution in [0.15, 0.2) is 0 Å². The number of hydrogen-bond donors (Lipinski definition) is 1. The highest BCUT2D eigenvalue weighted by Gasteiger charge is 2.31. The third kappa shape index (κ3) is 4.45. The highest BCUT2D eigenvalue weighted by Crippen LogP contribution is 2.34. The van der Waals surface area contributed by atoms with Crippen molar-refractivity contribution in [2.45, 2.75) is 46.1 Å². The van der Waals surface area contributed by atoms with E-state index in [1.807, 2.05) is 13.8 Å². The number of thiophene rings is 1. The molecule has 1 aromatic heterocycles. The predicted octanol–water partition coefficient (Wildman–Crippen LogP) is 2.51. The number of carbonyl (C=O) groups is 2. The number of carbonyl (C=O) groups excluding carboxylic acids is 2. The highest BCUT2D eigenvalue weighted by molar-refractivity contribution is 7.16. The van der Waals surface area contributed by atoms with Crippen LogP contribution < -0.4 is 5.32 Å². The van der Waals surface area contributed by atoms with Crippen LogP contribution in [0.2, 0.25) is 0 Å². The van der Waals surface area contributed by atoms with Crippen molar-refractivity contribution in [3.63, 3.8) is 0 Å². The fourth-order valence-corrected chi connectivity index (χ4v) is 4.76. The molecule has 144 valence electrons. The Hall–Kier alpha value is -1.44. The molecule has 1 aromatic rings. The number of aryl methyl sites for hydroxylation is 1. The number of nitrogens with one attached hydrogen (secondary N) is 1. The summed E-state index contributed by atoms with van der Waals surface area (Å²) in [6.07, 6.45) is 3.40. The Morgan fingerprint density at radius 1 is 1.19 bits per heavy atom. The fraction of sp³-hybridized carbons (Fsp3) is 0.684. The van der Waals surface area contributed by atoms with Gasteiger partial charge in [0, 0.05) is 37.1 Å². The lowest BCUT2D eigenvalue weighted by molar-refractivity contribution is -0.117. The molecule has 2 aliphatic rings. The summed E-state index contributed by atoms with van der Waals surface area (Å²) in [6.45, 7) is 10.4. The van der Waals surface area contributed by atoms with Crippen molar-refractivity contribution < 1.29 is 14.3 Å². The van der Waals surface area contributed by atoms with Gasteiger partial charge in [-0.3, -0.25) is 14.6 Å². The molecule has 7 heteroatoms. The average molecular weight is 380 g/mol. The first-order valence-electron chi connectivity index (χ1n) is 9.59. The molecule has 1 saturated carbocycles. The average Bonchev–Trinajstić information content (AvgIpc) is 3.40. The fourth-order valence-electron chi connectivity index (χ4n) is 3.61. The number of piperazine rings is 1. The molecule has 0 unspecified atom stereocenters. The van der Waals surface area contributed by atoms with Crippen LogP contribution in [0, 0.1) is 6.92 Å². The molecule has 1 saturated heterocycles. The maximum atomic E-state index is 12.5. The molecule has 2 heterocycles. The van der Waals surface area contributed by atoms with Gasteiger partial charge in [0.15, 0.2) is 0 Å². The van der Waals surface area contributed by atoms with Gasteiger partial charge in [-0.2, -0.15) is 0 Å². The van der Waals surface area contributed by atoms with Gasteiger partial charge in [-0.1, -0.05) is 6.92 Å². The number of hydrogen-bond acceptors (Lipinski definition) is 6. The van der Waals surface area contributed by atoms with Crippen molar-refractivity contribution in [2.24, 2.45) is 0 Å². The lowest BCUT2D eigenvalue weighted by atomic mass is 10.1. The monoisotopic (exact) mass is 379 g/mol. The van der Waals surface area contributed by atoms with Crippen LogP contribution in [0.25, 0.3) is 0 Å². The molecule has 1 amide bonds. The van der Waals surface area contributed by atoms with Crippen LogP contribution >= 0.6 is 11.3 Å². The van der Waals surface area contributed by atoms with Gasteiger partial charge in [0.05, 0.1) is 18.7 Å². The SMILES string of the molecule is CCOC(=O)c1c(NC(=O)CN2CCN(C3CC3)CC2)sc(C)c1CC. The van der Waals surface area contributed by atoms with Crippen molar-refractivity contribution in [1.29, 1.82) is 0 Å². The second-order valence-electron chi connectivity index (χ2n) is 7.01. The quantitative estimate of drug-likeness (QED) is 0.738. The third-order valence-corrected chi connectivity index (χ3v) is 6.20. The Morgan fingerprint density at radius 3 is 2.46 bits per heavy atom. The molecule has 2 fully saturated rings. The number of anilines is 1. The van der Waals surface area contributed by atoms with E-state index in [1.165, 1.54) is 24.2 Å². The Morgan fingerprint density at radius 2 is 1.88 bits per heavy atom. The lowest BCUT2D eigenvalue weighted by Crippen LogP contribution is -2.49. The van der Waals surface area contributed by atoms with E-state index in [1.54, 1.807) is 6.92 Å². The zero-order valence-corrected chi connectivity index (χ0v) is 16.8. The molecule has 0 spiro atoms. The number of esters is 1. The molecule has 3 rings (SSSR count). The maximum absolute atomic E-state index is 12.5. The summed E-state index contributed by atoms with van der Waals surface area (Å²) in [7, 11) is 0. The van der Waals surface area contributed by atoms with E-state index in [2.05, 4.69) is 15.1 Å². The summed E-state index contributed by atoms with van der Waals surface area (Å²) in [5, 5.41) is 3.59. The molecule has 0 aromatic carbocycles. The van der Waals surface area contributed by atoms with Crippen LogP contribution in [0.1, 0.15) is 47.5 Å². The summed E-state index contributed by atoms with van der Waals surface area (Å²) >= 11 is 1.46. The Labute approximate surface area is 159 Å². The van der Waals surface area contributed by atoms with Gasteiger partial charge in [-0.15, -0.1) is 11.3 Å². The zero-order chi connectivity index (χ0) is 18.7. The van der Waals surface area contributed by atoms with E-state index in [0.29, 0.717) is 23.7 Å². The molecule has 0 bridgehead atoms. The van der Waals surface area contributed by atoms with E-state index in [-0.39, 0.29) is 11.9 Å². The topological polar surface area (TPSA) is 61.9 Å². The first-order chi connectivity index (χ1) is 12.5. The van der Waals surface area contributed by atoms with Gasteiger partial charge in [0.25, 0.3) is 0 Å². The van der Waals surface area contributed by atoms with Crippen molar-refractivity contribution in [1.82, 2.24) is 9.80 Å². The van der Waals surface area contributed by atoms with Crippen LogP contribution in [0.5, 0.6) is 0 Å². The molecule has 1 N–H and O–H groups in total. The summed E-state index contributed by atoms with van der Waals surface area (Å²) in [5.41, 5.74) is 1.51. The number of rotatable bonds is 7. The largest absolute Gasteiger partial charge is 0.462 e. The minimum absolute atomic E-state index is 0.0562. The van der Waals surface area contributed by atoms with Crippen molar-refractivity contribution in [3.05, 3.63) is 16.0 Å². The predicted molar refractivity (Wildman–Crippen MR) is 104 cm³/mol. The standard InChI is InChI=1S/C19H29N3O3S/c1-4-15-13(3)26-18(17(15)19(24)25-5-2)20-16(23)12-21-8-10-22(11-9-21)14-6-7-14/h14H,4-12H2,1-3H3,(H,20,23). The summed E-state index contributed by atoms with van der Waals surface area (Å²) < 4.78 is 5.20. The molecular formula is C19H29N3O3S. The molecule has 0 atom stereocenters. The Kier molecular flexibility index (Phi) is 6.32. The molecule has 1 aliphatic carbocycles. The molecule has 6 nitrogen and oxygen atoms in total. The smallest absolute Gasteiger partial charge is 0.341 e. The maximum Gasteiger partial charge on any atom is 0.341 e. The summed E-state index contributed by atoms with van der Waals surface area (Å²) in [4.78, 5) is 30.7. The molecule has 1 aliphatic heterocycles. The van der Waals surface area contributed by atoms with Gasteiger partial charge in [0.1, 0.15) is 5.00 Å². The highest BCUT2D eigenvalue weighted by atomic mass is 32.1. The summed E-state index contributed by atoms with van der Waals surface area (Å²) in [5.74, 6) is -0.402. The van der Waals surface area contributed by atoms with E-state index in [9.17, 15) is 9.59 Å². The van der Waals surface area contributed by atoms with Crippen molar-refractivity contribution in [3.8, 4) is 0 Å². The van der Waals surface area contributed by atoms with Gasteiger partial charge in [0.2, 0.25) is 5.91 Å². The van der Waals surface area contributed by atoms with Crippen LogP contribution in [0.3, 0.4) is 0 Å². The zero-order valence-electron chi connectivity index (χ0n) is 16.0. The van der Waals surface area contributed by atoms with Crippen molar-refractivity contribution >= 4 is 28.2 Å². The Balaban J connectivity index is 1.60. The number of ether oxygens (including phenoxy) is 1. The molecule has 26 heavy (non-hydrogen) atoms. The van der Waals surface area contributed by atoms with Gasteiger partial charge in [-0.25, -0.2) is 4.79 Å². The second kappa shape index (κ2) is 8.50. The van der Waals surface area contributed by atoms with Crippen LogP contribution in [0.4, 0.5) is 5.00 Å². The number of nitrogens with zero attached hydrogens (tertiary/aromatic N) is 2.